The molecule has 5 nitrogen and oxygen atoms in total. The maximum Gasteiger partial charge on any atom is 0.416 e. The molecule has 2 aromatic carbocycles. The van der Waals surface area contributed by atoms with E-state index in [1.54, 1.807) is 0 Å². The van der Waals surface area contributed by atoms with Crippen molar-refractivity contribution >= 4 is 27.3 Å². The lowest BCUT2D eigenvalue weighted by molar-refractivity contribution is -0.137. The first-order chi connectivity index (χ1) is 13.5. The van der Waals surface area contributed by atoms with Gasteiger partial charge in [0.25, 0.3) is 0 Å². The van der Waals surface area contributed by atoms with E-state index in [4.69, 9.17) is 11.6 Å². The normalized spacial score (nSPS) is 13.1. The molecule has 29 heavy (non-hydrogen) atoms. The van der Waals surface area contributed by atoms with Crippen molar-refractivity contribution in [3.8, 4) is 0 Å². The highest BCUT2D eigenvalue weighted by atomic mass is 35.5. The van der Waals surface area contributed by atoms with Crippen LogP contribution in [0.15, 0.2) is 53.4 Å². The molecular formula is C19H19ClF3NO4S. The number of carbonyl (C=O) groups is 1. The van der Waals surface area contributed by atoms with Crippen LogP contribution in [0, 0.1) is 0 Å². The monoisotopic (exact) mass is 449 g/mol. The molecule has 0 aliphatic heterocycles. The van der Waals surface area contributed by atoms with E-state index < -0.39 is 40.1 Å². The van der Waals surface area contributed by atoms with Crippen LogP contribution < -0.4 is 5.32 Å². The predicted molar refractivity (Wildman–Crippen MR) is 102 cm³/mol. The molecule has 10 heteroatoms. The van der Waals surface area contributed by atoms with Crippen LogP contribution in [0.5, 0.6) is 0 Å². The van der Waals surface area contributed by atoms with Gasteiger partial charge in [-0.15, -0.1) is 0 Å². The van der Waals surface area contributed by atoms with Gasteiger partial charge in [0.15, 0.2) is 9.84 Å². The molecule has 0 heterocycles. The molecule has 2 N–H and O–H groups in total. The zero-order chi connectivity index (χ0) is 21.7. The Morgan fingerprint density at radius 3 is 2.17 bits per heavy atom. The quantitative estimate of drug-likeness (QED) is 0.642. The van der Waals surface area contributed by atoms with Crippen molar-refractivity contribution in [2.24, 2.45) is 0 Å². The maximum atomic E-state index is 12.6. The summed E-state index contributed by atoms with van der Waals surface area (Å²) >= 11 is 5.73. The van der Waals surface area contributed by atoms with E-state index in [1.807, 2.05) is 0 Å². The molecular weight excluding hydrogens is 431 g/mol. The zero-order valence-corrected chi connectivity index (χ0v) is 16.7. The van der Waals surface area contributed by atoms with Gasteiger partial charge in [-0.3, -0.25) is 4.79 Å². The number of halogens is 4. The largest absolute Gasteiger partial charge is 0.416 e. The first-order valence-corrected chi connectivity index (χ1v) is 10.6. The highest BCUT2D eigenvalue weighted by Crippen LogP contribution is 2.30. The fraction of sp³-hybridized carbons (Fsp3) is 0.316. The molecule has 1 unspecified atom stereocenters. The highest BCUT2D eigenvalue weighted by molar-refractivity contribution is 7.91. The number of sulfone groups is 1. The lowest BCUT2D eigenvalue weighted by atomic mass is 10.0. The van der Waals surface area contributed by atoms with Crippen molar-refractivity contribution in [1.29, 1.82) is 0 Å². The molecule has 0 aromatic heterocycles. The Hall–Kier alpha value is -2.10. The van der Waals surface area contributed by atoms with Crippen molar-refractivity contribution in [3.05, 3.63) is 64.7 Å². The third-order valence-electron chi connectivity index (χ3n) is 4.15. The SMILES string of the molecule is O=C(CCCS(=O)(=O)c1ccc(Cl)cc1)NC(CO)c1ccc(C(F)(F)F)cc1. The minimum atomic E-state index is -4.48. The van der Waals surface area contributed by atoms with E-state index in [1.165, 1.54) is 36.4 Å². The fourth-order valence-corrected chi connectivity index (χ4v) is 4.02. The lowest BCUT2D eigenvalue weighted by Crippen LogP contribution is -2.31. The van der Waals surface area contributed by atoms with Crippen LogP contribution in [0.25, 0.3) is 0 Å². The minimum Gasteiger partial charge on any atom is -0.394 e. The number of rotatable bonds is 8. The Morgan fingerprint density at radius 2 is 1.66 bits per heavy atom. The molecule has 1 atom stereocenters. The molecule has 0 saturated carbocycles. The Balaban J connectivity index is 1.91. The summed E-state index contributed by atoms with van der Waals surface area (Å²) in [5.41, 5.74) is -0.528. The van der Waals surface area contributed by atoms with Gasteiger partial charge < -0.3 is 10.4 Å². The van der Waals surface area contributed by atoms with E-state index in [0.29, 0.717) is 10.6 Å². The van der Waals surface area contributed by atoms with Gasteiger partial charge in [0, 0.05) is 11.4 Å². The third kappa shape index (κ3) is 6.73. The Bertz CT molecular complexity index is 929. The number of amides is 1. The number of nitrogens with one attached hydrogen (secondary N) is 1. The summed E-state index contributed by atoms with van der Waals surface area (Å²) < 4.78 is 62.3. The molecule has 0 spiro atoms. The first kappa shape index (κ1) is 23.2. The van der Waals surface area contributed by atoms with Crippen LogP contribution in [0.3, 0.4) is 0 Å². The molecule has 0 radical (unpaired) electrons. The average molecular weight is 450 g/mol. The van der Waals surface area contributed by atoms with Gasteiger partial charge in [-0.05, 0) is 48.4 Å². The number of carbonyl (C=O) groups excluding carboxylic acids is 1. The van der Waals surface area contributed by atoms with Crippen LogP contribution in [0.4, 0.5) is 13.2 Å². The van der Waals surface area contributed by atoms with Crippen molar-refractivity contribution < 1.29 is 31.5 Å². The zero-order valence-electron chi connectivity index (χ0n) is 15.1. The molecule has 0 bridgehead atoms. The van der Waals surface area contributed by atoms with Crippen molar-refractivity contribution in [1.82, 2.24) is 5.32 Å². The number of hydrogen-bond donors (Lipinski definition) is 2. The molecule has 2 rings (SSSR count). The van der Waals surface area contributed by atoms with Crippen LogP contribution in [0.2, 0.25) is 5.02 Å². The predicted octanol–water partition coefficient (Wildman–Crippen LogP) is 3.76. The third-order valence-corrected chi connectivity index (χ3v) is 6.22. The minimum absolute atomic E-state index is 0.0436. The molecule has 1 amide bonds. The molecule has 0 saturated heterocycles. The number of aliphatic hydroxyl groups is 1. The van der Waals surface area contributed by atoms with Crippen LogP contribution in [0.1, 0.15) is 30.0 Å². The van der Waals surface area contributed by atoms with Gasteiger partial charge in [-0.1, -0.05) is 23.7 Å². The van der Waals surface area contributed by atoms with Gasteiger partial charge in [0.05, 0.1) is 28.9 Å². The topological polar surface area (TPSA) is 83.5 Å². The summed E-state index contributed by atoms with van der Waals surface area (Å²) in [5.74, 6) is -0.776. The molecule has 0 aliphatic carbocycles. The van der Waals surface area contributed by atoms with Gasteiger partial charge in [-0.2, -0.15) is 13.2 Å². The van der Waals surface area contributed by atoms with Crippen LogP contribution in [-0.2, 0) is 20.8 Å². The lowest BCUT2D eigenvalue weighted by Gasteiger charge is -2.17. The van der Waals surface area contributed by atoms with Gasteiger partial charge >= 0.3 is 6.18 Å². The smallest absolute Gasteiger partial charge is 0.394 e. The number of hydrogen-bond acceptors (Lipinski definition) is 4. The summed E-state index contributed by atoms with van der Waals surface area (Å²) in [5, 5.41) is 12.3. The van der Waals surface area contributed by atoms with Crippen molar-refractivity contribution in [2.45, 2.75) is 30.0 Å². The fourth-order valence-electron chi connectivity index (χ4n) is 2.59. The summed E-state index contributed by atoms with van der Waals surface area (Å²) in [6.45, 7) is -0.514. The van der Waals surface area contributed by atoms with Crippen molar-refractivity contribution in [3.63, 3.8) is 0 Å². The second-order valence-corrected chi connectivity index (χ2v) is 8.84. The molecule has 0 aliphatic rings. The highest BCUT2D eigenvalue weighted by Gasteiger charge is 2.30. The summed E-state index contributed by atoms with van der Waals surface area (Å²) in [6, 6.07) is 8.86. The second kappa shape index (κ2) is 9.60. The second-order valence-electron chi connectivity index (χ2n) is 6.30. The van der Waals surface area contributed by atoms with Gasteiger partial charge in [-0.25, -0.2) is 8.42 Å². The molecule has 0 fully saturated rings. The van der Waals surface area contributed by atoms with E-state index in [2.05, 4.69) is 5.32 Å². The first-order valence-electron chi connectivity index (χ1n) is 8.58. The van der Waals surface area contributed by atoms with Gasteiger partial charge in [0.1, 0.15) is 0 Å². The average Bonchev–Trinajstić information content (AvgIpc) is 2.65. The summed E-state index contributed by atoms with van der Waals surface area (Å²) in [6.07, 6.45) is -4.56. The van der Waals surface area contributed by atoms with E-state index in [0.717, 1.165) is 12.1 Å². The molecule has 158 valence electrons. The number of alkyl halides is 3. The number of benzene rings is 2. The summed E-state index contributed by atoms with van der Waals surface area (Å²) in [7, 11) is -3.57. The number of aliphatic hydroxyl groups excluding tert-OH is 1. The maximum absolute atomic E-state index is 12.6. The van der Waals surface area contributed by atoms with Crippen LogP contribution >= 0.6 is 11.6 Å². The molecule has 2 aromatic rings. The van der Waals surface area contributed by atoms with Gasteiger partial charge in [0.2, 0.25) is 5.91 Å². The van der Waals surface area contributed by atoms with Crippen LogP contribution in [-0.4, -0.2) is 31.8 Å². The summed E-state index contributed by atoms with van der Waals surface area (Å²) in [4.78, 5) is 12.2. The van der Waals surface area contributed by atoms with E-state index in [9.17, 15) is 31.5 Å². The Labute approximate surface area is 171 Å². The Morgan fingerprint density at radius 1 is 1.07 bits per heavy atom. The van der Waals surface area contributed by atoms with E-state index >= 15 is 0 Å². The standard InChI is InChI=1S/C19H19ClF3NO4S/c20-15-7-9-16(10-8-15)29(27,28)11-1-2-18(26)24-17(12-25)13-3-5-14(6-4-13)19(21,22)23/h3-10,17,25H,1-2,11-12H2,(H,24,26). The Kier molecular flexibility index (Phi) is 7.67. The van der Waals surface area contributed by atoms with E-state index in [-0.39, 0.29) is 23.5 Å². The van der Waals surface area contributed by atoms with Crippen molar-refractivity contribution in [2.75, 3.05) is 12.4 Å².